The van der Waals surface area contributed by atoms with Crippen molar-refractivity contribution in [3.63, 3.8) is 0 Å². The number of hydrogen-bond donors (Lipinski definition) is 3. The van der Waals surface area contributed by atoms with Crippen LogP contribution in [0.25, 0.3) is 0 Å². The summed E-state index contributed by atoms with van der Waals surface area (Å²) in [6, 6.07) is 12.9. The molecule has 7 heteroatoms. The van der Waals surface area contributed by atoms with Crippen LogP contribution in [0.1, 0.15) is 22.8 Å². The highest BCUT2D eigenvalue weighted by atomic mass is 16.5. The van der Waals surface area contributed by atoms with Gasteiger partial charge in [-0.3, -0.25) is 4.79 Å². The van der Waals surface area contributed by atoms with Gasteiger partial charge in [-0.25, -0.2) is 9.97 Å². The molecule has 1 heterocycles. The van der Waals surface area contributed by atoms with Crippen LogP contribution in [-0.4, -0.2) is 22.9 Å². The van der Waals surface area contributed by atoms with E-state index in [1.54, 1.807) is 25.3 Å². The third kappa shape index (κ3) is 4.14. The van der Waals surface area contributed by atoms with Gasteiger partial charge < -0.3 is 21.1 Å². The van der Waals surface area contributed by atoms with E-state index in [1.165, 1.54) is 13.3 Å². The number of anilines is 5. The molecule has 0 unspecified atom stereocenters. The lowest BCUT2D eigenvalue weighted by Gasteiger charge is -2.15. The predicted molar refractivity (Wildman–Crippen MR) is 107 cm³/mol. The van der Waals surface area contributed by atoms with E-state index in [2.05, 4.69) is 20.6 Å². The monoisotopic (exact) mass is 363 g/mol. The largest absolute Gasteiger partial charge is 0.495 e. The van der Waals surface area contributed by atoms with Crippen LogP contribution in [0.4, 0.5) is 28.7 Å². The molecule has 0 aliphatic rings. The van der Waals surface area contributed by atoms with E-state index in [9.17, 15) is 4.79 Å². The Balaban J connectivity index is 1.90. The molecule has 0 spiro atoms. The number of nitrogens with two attached hydrogens (primary N) is 1. The third-order valence-electron chi connectivity index (χ3n) is 4.02. The Labute approximate surface area is 157 Å². The van der Waals surface area contributed by atoms with E-state index in [0.29, 0.717) is 34.3 Å². The van der Waals surface area contributed by atoms with E-state index in [0.717, 1.165) is 11.3 Å². The number of carbonyl (C=O) groups is 1. The summed E-state index contributed by atoms with van der Waals surface area (Å²) in [5.74, 6) is 1.57. The zero-order chi connectivity index (χ0) is 19.4. The van der Waals surface area contributed by atoms with Crippen LogP contribution in [0.15, 0.2) is 48.8 Å². The average molecular weight is 363 g/mol. The molecule has 4 N–H and O–H groups in total. The molecule has 2 aromatic carbocycles. The van der Waals surface area contributed by atoms with Crippen molar-refractivity contribution in [1.82, 2.24) is 9.97 Å². The van der Waals surface area contributed by atoms with Gasteiger partial charge in [-0.1, -0.05) is 18.2 Å². The predicted octanol–water partition coefficient (Wildman–Crippen LogP) is 4.07. The van der Waals surface area contributed by atoms with E-state index >= 15 is 0 Å². The smallest absolute Gasteiger partial charge is 0.159 e. The Morgan fingerprint density at radius 2 is 1.81 bits per heavy atom. The molecule has 7 nitrogen and oxygen atoms in total. The Bertz CT molecular complexity index is 988. The van der Waals surface area contributed by atoms with Crippen molar-refractivity contribution in [2.75, 3.05) is 23.5 Å². The van der Waals surface area contributed by atoms with Crippen LogP contribution >= 0.6 is 0 Å². The minimum absolute atomic E-state index is 0.0109. The number of hydrogen-bond acceptors (Lipinski definition) is 7. The fourth-order valence-electron chi connectivity index (χ4n) is 2.59. The summed E-state index contributed by atoms with van der Waals surface area (Å²) in [5, 5.41) is 6.33. The Hall–Kier alpha value is -3.61. The van der Waals surface area contributed by atoms with Crippen molar-refractivity contribution in [1.29, 1.82) is 0 Å². The number of ketones is 1. The molecule has 0 radical (unpaired) electrons. The van der Waals surface area contributed by atoms with Gasteiger partial charge in [0.1, 0.15) is 17.8 Å². The highest BCUT2D eigenvalue weighted by molar-refractivity contribution is 5.95. The Kier molecular flexibility index (Phi) is 5.21. The van der Waals surface area contributed by atoms with Crippen LogP contribution in [0.2, 0.25) is 0 Å². The molecule has 0 bridgehead atoms. The number of aryl methyl sites for hydroxylation is 1. The first kappa shape index (κ1) is 18.2. The molecule has 0 aliphatic heterocycles. The molecule has 0 atom stereocenters. The highest BCUT2D eigenvalue weighted by Crippen LogP contribution is 2.32. The second kappa shape index (κ2) is 7.74. The van der Waals surface area contributed by atoms with Crippen LogP contribution in [0.5, 0.6) is 5.75 Å². The van der Waals surface area contributed by atoms with Crippen molar-refractivity contribution in [3.05, 3.63) is 59.9 Å². The minimum Gasteiger partial charge on any atom is -0.495 e. The number of nitrogens with zero attached hydrogens (tertiary/aromatic N) is 2. The molecule has 138 valence electrons. The molecule has 3 aromatic rings. The lowest BCUT2D eigenvalue weighted by atomic mass is 10.1. The maximum absolute atomic E-state index is 11.6. The fraction of sp³-hybridized carbons (Fsp3) is 0.150. The number of nitrogen functional groups attached to an aromatic ring is 1. The van der Waals surface area contributed by atoms with Gasteiger partial charge in [-0.2, -0.15) is 0 Å². The van der Waals surface area contributed by atoms with Gasteiger partial charge >= 0.3 is 0 Å². The van der Waals surface area contributed by atoms with Crippen molar-refractivity contribution < 1.29 is 9.53 Å². The molecule has 0 saturated heterocycles. The van der Waals surface area contributed by atoms with Gasteiger partial charge in [0.2, 0.25) is 0 Å². The van der Waals surface area contributed by atoms with E-state index in [1.807, 2.05) is 31.2 Å². The molecule has 0 aliphatic carbocycles. The molecule has 3 rings (SSSR count). The zero-order valence-corrected chi connectivity index (χ0v) is 15.4. The summed E-state index contributed by atoms with van der Waals surface area (Å²) < 4.78 is 5.38. The van der Waals surface area contributed by atoms with E-state index in [-0.39, 0.29) is 5.78 Å². The van der Waals surface area contributed by atoms with Gasteiger partial charge in [0.25, 0.3) is 0 Å². The second-order valence-corrected chi connectivity index (χ2v) is 6.08. The first-order valence-electron chi connectivity index (χ1n) is 8.38. The summed E-state index contributed by atoms with van der Waals surface area (Å²) in [6.45, 7) is 3.51. The number of Topliss-reactive ketones (excluding diaryl/α,β-unsaturated/α-hetero) is 1. The number of rotatable bonds is 6. The average Bonchev–Trinajstić information content (AvgIpc) is 2.65. The Morgan fingerprint density at radius 3 is 2.52 bits per heavy atom. The molecule has 0 fully saturated rings. The van der Waals surface area contributed by atoms with Crippen molar-refractivity contribution in [2.24, 2.45) is 0 Å². The van der Waals surface area contributed by atoms with Gasteiger partial charge in [0.15, 0.2) is 17.4 Å². The van der Waals surface area contributed by atoms with Crippen LogP contribution in [0.3, 0.4) is 0 Å². The van der Waals surface area contributed by atoms with Crippen molar-refractivity contribution >= 4 is 34.5 Å². The van der Waals surface area contributed by atoms with Crippen LogP contribution in [-0.2, 0) is 0 Å². The summed E-state index contributed by atoms with van der Waals surface area (Å²) in [7, 11) is 1.61. The summed E-state index contributed by atoms with van der Waals surface area (Å²) in [4.78, 5) is 20.0. The number of carbonyl (C=O) groups excluding carboxylic acids is 1. The first-order valence-corrected chi connectivity index (χ1v) is 8.38. The zero-order valence-electron chi connectivity index (χ0n) is 15.4. The van der Waals surface area contributed by atoms with Gasteiger partial charge in [-0.05, 0) is 43.7 Å². The molecular weight excluding hydrogens is 342 g/mol. The fourth-order valence-corrected chi connectivity index (χ4v) is 2.59. The van der Waals surface area contributed by atoms with Gasteiger partial charge in [0, 0.05) is 11.3 Å². The van der Waals surface area contributed by atoms with Crippen molar-refractivity contribution in [3.8, 4) is 5.75 Å². The second-order valence-electron chi connectivity index (χ2n) is 6.08. The Morgan fingerprint density at radius 1 is 1.07 bits per heavy atom. The first-order chi connectivity index (χ1) is 13.0. The van der Waals surface area contributed by atoms with Crippen LogP contribution in [0, 0.1) is 6.92 Å². The lowest BCUT2D eigenvalue weighted by Crippen LogP contribution is -2.06. The van der Waals surface area contributed by atoms with E-state index in [4.69, 9.17) is 10.5 Å². The summed E-state index contributed by atoms with van der Waals surface area (Å²) >= 11 is 0. The number of benzene rings is 2. The number of nitrogens with one attached hydrogen (secondary N) is 2. The summed E-state index contributed by atoms with van der Waals surface area (Å²) in [6.07, 6.45) is 1.41. The maximum Gasteiger partial charge on any atom is 0.159 e. The molecule has 0 amide bonds. The quantitative estimate of drug-likeness (QED) is 0.567. The SMILES string of the molecule is COc1ccc(C)cc1Nc1ncnc(Nc2cccc(C(C)=O)c2)c1N. The molecule has 1 aromatic heterocycles. The third-order valence-corrected chi connectivity index (χ3v) is 4.02. The number of ether oxygens (including phenoxy) is 1. The molecule has 0 saturated carbocycles. The van der Waals surface area contributed by atoms with Gasteiger partial charge in [0.05, 0.1) is 12.8 Å². The summed E-state index contributed by atoms with van der Waals surface area (Å²) in [5.41, 5.74) is 9.76. The molecule has 27 heavy (non-hydrogen) atoms. The van der Waals surface area contributed by atoms with Crippen molar-refractivity contribution in [2.45, 2.75) is 13.8 Å². The van der Waals surface area contributed by atoms with E-state index < -0.39 is 0 Å². The number of methoxy groups -OCH3 is 1. The standard InChI is InChI=1S/C20H21N5O2/c1-12-7-8-17(27-3)16(9-12)25-20-18(21)19(22-11-23-20)24-15-6-4-5-14(10-15)13(2)26/h4-11H,21H2,1-3H3,(H2,22,23,24,25). The van der Waals surface area contributed by atoms with Crippen LogP contribution < -0.4 is 21.1 Å². The van der Waals surface area contributed by atoms with Gasteiger partial charge in [-0.15, -0.1) is 0 Å². The topological polar surface area (TPSA) is 102 Å². The normalized spacial score (nSPS) is 10.3. The number of aromatic nitrogens is 2. The maximum atomic E-state index is 11.6. The lowest BCUT2D eigenvalue weighted by molar-refractivity contribution is 0.101. The highest BCUT2D eigenvalue weighted by Gasteiger charge is 2.12. The minimum atomic E-state index is -0.0109. The molecular formula is C20H21N5O2.